The standard InChI is InChI=1S/C16H23N3O2/c1-3-17-15-12-5-4-11(8-13(12)18-16(15)21)19-7-6-10(2)14(19)9-20/h4-5,8,10,14-15,17,20H,3,6-7,9H2,1-2H3,(H,18,21). The molecule has 0 saturated carbocycles. The summed E-state index contributed by atoms with van der Waals surface area (Å²) >= 11 is 0. The fourth-order valence-electron chi connectivity index (χ4n) is 3.44. The fraction of sp³-hybridized carbons (Fsp3) is 0.562. The molecule has 1 saturated heterocycles. The second-order valence-corrected chi connectivity index (χ2v) is 5.96. The molecule has 3 N–H and O–H groups in total. The van der Waals surface area contributed by atoms with Crippen LogP contribution < -0.4 is 15.5 Å². The SMILES string of the molecule is CCNC1C(=O)Nc2cc(N3CCC(C)C3CO)ccc21. The lowest BCUT2D eigenvalue weighted by molar-refractivity contribution is -0.117. The molecule has 1 aromatic carbocycles. The summed E-state index contributed by atoms with van der Waals surface area (Å²) in [4.78, 5) is 14.2. The first-order valence-electron chi connectivity index (χ1n) is 7.71. The third-order valence-electron chi connectivity index (χ3n) is 4.68. The summed E-state index contributed by atoms with van der Waals surface area (Å²) in [7, 11) is 0. The van der Waals surface area contributed by atoms with Gasteiger partial charge in [-0.2, -0.15) is 0 Å². The number of hydrogen-bond donors (Lipinski definition) is 3. The molecule has 2 aliphatic heterocycles. The predicted molar refractivity (Wildman–Crippen MR) is 83.5 cm³/mol. The van der Waals surface area contributed by atoms with Gasteiger partial charge in [-0.25, -0.2) is 0 Å². The molecule has 0 aliphatic carbocycles. The van der Waals surface area contributed by atoms with Gasteiger partial charge < -0.3 is 20.6 Å². The Hall–Kier alpha value is -1.59. The van der Waals surface area contributed by atoms with Crippen LogP contribution in [0.25, 0.3) is 0 Å². The highest BCUT2D eigenvalue weighted by molar-refractivity contribution is 6.03. The van der Waals surface area contributed by atoms with Crippen LogP contribution in [0.15, 0.2) is 18.2 Å². The van der Waals surface area contributed by atoms with Gasteiger partial charge in [0, 0.05) is 23.5 Å². The molecule has 2 aliphatic rings. The fourth-order valence-corrected chi connectivity index (χ4v) is 3.44. The van der Waals surface area contributed by atoms with Gasteiger partial charge in [0.15, 0.2) is 0 Å². The van der Waals surface area contributed by atoms with E-state index in [0.717, 1.165) is 36.4 Å². The van der Waals surface area contributed by atoms with Gasteiger partial charge in [-0.05, 0) is 31.0 Å². The Morgan fingerprint density at radius 1 is 1.48 bits per heavy atom. The molecule has 2 heterocycles. The van der Waals surface area contributed by atoms with Crippen molar-refractivity contribution >= 4 is 17.3 Å². The molecule has 0 bridgehead atoms. The zero-order valence-corrected chi connectivity index (χ0v) is 12.6. The topological polar surface area (TPSA) is 64.6 Å². The lowest BCUT2D eigenvalue weighted by Gasteiger charge is -2.27. The van der Waals surface area contributed by atoms with Gasteiger partial charge in [0.1, 0.15) is 6.04 Å². The third-order valence-corrected chi connectivity index (χ3v) is 4.68. The van der Waals surface area contributed by atoms with Crippen molar-refractivity contribution in [1.82, 2.24) is 5.32 Å². The number of anilines is 2. The van der Waals surface area contributed by atoms with E-state index < -0.39 is 0 Å². The van der Waals surface area contributed by atoms with Crippen LogP contribution in [-0.2, 0) is 4.79 Å². The van der Waals surface area contributed by atoms with E-state index in [4.69, 9.17) is 0 Å². The maximum absolute atomic E-state index is 12.0. The molecule has 0 radical (unpaired) electrons. The number of aliphatic hydroxyl groups excluding tert-OH is 1. The minimum absolute atomic E-state index is 0.0116. The maximum Gasteiger partial charge on any atom is 0.246 e. The second-order valence-electron chi connectivity index (χ2n) is 5.96. The summed E-state index contributed by atoms with van der Waals surface area (Å²) < 4.78 is 0. The van der Waals surface area contributed by atoms with E-state index in [1.54, 1.807) is 0 Å². The molecule has 3 unspecified atom stereocenters. The second kappa shape index (κ2) is 5.66. The van der Waals surface area contributed by atoms with E-state index in [-0.39, 0.29) is 24.6 Å². The summed E-state index contributed by atoms with van der Waals surface area (Å²) in [5, 5.41) is 15.7. The molecule has 5 heteroatoms. The predicted octanol–water partition coefficient (Wildman–Crippen LogP) is 1.50. The Balaban J connectivity index is 1.88. The van der Waals surface area contributed by atoms with Crippen molar-refractivity contribution in [3.05, 3.63) is 23.8 Å². The van der Waals surface area contributed by atoms with Gasteiger partial charge in [-0.15, -0.1) is 0 Å². The highest BCUT2D eigenvalue weighted by atomic mass is 16.3. The van der Waals surface area contributed by atoms with E-state index in [1.807, 2.05) is 19.1 Å². The summed E-state index contributed by atoms with van der Waals surface area (Å²) in [6, 6.07) is 6.04. The first kappa shape index (κ1) is 14.4. The van der Waals surface area contributed by atoms with Gasteiger partial charge in [0.25, 0.3) is 0 Å². The van der Waals surface area contributed by atoms with Gasteiger partial charge in [-0.3, -0.25) is 4.79 Å². The van der Waals surface area contributed by atoms with E-state index >= 15 is 0 Å². The number of carbonyl (C=O) groups is 1. The lowest BCUT2D eigenvalue weighted by atomic mass is 10.0. The van der Waals surface area contributed by atoms with Crippen molar-refractivity contribution in [1.29, 1.82) is 0 Å². The minimum atomic E-state index is -0.245. The van der Waals surface area contributed by atoms with Crippen molar-refractivity contribution in [2.24, 2.45) is 5.92 Å². The Kier molecular flexibility index (Phi) is 3.87. The molecular weight excluding hydrogens is 266 g/mol. The lowest BCUT2D eigenvalue weighted by Crippen LogP contribution is -2.35. The van der Waals surface area contributed by atoms with Gasteiger partial charge in [-0.1, -0.05) is 19.9 Å². The van der Waals surface area contributed by atoms with Crippen LogP contribution in [0.3, 0.4) is 0 Å². The van der Waals surface area contributed by atoms with Crippen LogP contribution >= 0.6 is 0 Å². The first-order chi connectivity index (χ1) is 10.2. The molecule has 114 valence electrons. The third kappa shape index (κ3) is 2.40. The molecule has 3 rings (SSSR count). The smallest absolute Gasteiger partial charge is 0.246 e. The molecule has 5 nitrogen and oxygen atoms in total. The molecule has 1 aromatic rings. The number of aliphatic hydroxyl groups is 1. The number of fused-ring (bicyclic) bond motifs is 1. The van der Waals surface area contributed by atoms with E-state index in [0.29, 0.717) is 5.92 Å². The summed E-state index contributed by atoms with van der Waals surface area (Å²) in [5.74, 6) is 0.504. The van der Waals surface area contributed by atoms with Crippen LogP contribution in [0, 0.1) is 5.92 Å². The number of amides is 1. The quantitative estimate of drug-likeness (QED) is 0.786. The van der Waals surface area contributed by atoms with Crippen molar-refractivity contribution in [2.75, 3.05) is 29.9 Å². The maximum atomic E-state index is 12.0. The molecule has 1 amide bonds. The zero-order chi connectivity index (χ0) is 15.0. The van der Waals surface area contributed by atoms with Crippen molar-refractivity contribution in [2.45, 2.75) is 32.4 Å². The van der Waals surface area contributed by atoms with Gasteiger partial charge >= 0.3 is 0 Å². The summed E-state index contributed by atoms with van der Waals surface area (Å²) in [6.45, 7) is 6.06. The molecule has 0 aromatic heterocycles. The Bertz CT molecular complexity index is 546. The highest BCUT2D eigenvalue weighted by Gasteiger charge is 2.33. The molecule has 1 fully saturated rings. The Morgan fingerprint density at radius 2 is 2.29 bits per heavy atom. The Morgan fingerprint density at radius 3 is 3.00 bits per heavy atom. The molecule has 21 heavy (non-hydrogen) atoms. The highest BCUT2D eigenvalue weighted by Crippen LogP contribution is 2.37. The molecular formula is C16H23N3O2. The average Bonchev–Trinajstić information content (AvgIpc) is 2.99. The molecule has 3 atom stereocenters. The van der Waals surface area contributed by atoms with Crippen LogP contribution in [0.4, 0.5) is 11.4 Å². The normalized spacial score (nSPS) is 27.9. The van der Waals surface area contributed by atoms with Crippen molar-refractivity contribution < 1.29 is 9.90 Å². The van der Waals surface area contributed by atoms with Gasteiger partial charge in [0.2, 0.25) is 5.91 Å². The minimum Gasteiger partial charge on any atom is -0.394 e. The van der Waals surface area contributed by atoms with Crippen LogP contribution in [0.5, 0.6) is 0 Å². The zero-order valence-electron chi connectivity index (χ0n) is 12.6. The monoisotopic (exact) mass is 289 g/mol. The molecule has 0 spiro atoms. The van der Waals surface area contributed by atoms with Crippen molar-refractivity contribution in [3.8, 4) is 0 Å². The average molecular weight is 289 g/mol. The number of nitrogens with one attached hydrogen (secondary N) is 2. The summed E-state index contributed by atoms with van der Waals surface area (Å²) in [6.07, 6.45) is 1.09. The summed E-state index contributed by atoms with van der Waals surface area (Å²) in [5.41, 5.74) is 2.98. The number of carbonyl (C=O) groups excluding carboxylic acids is 1. The van der Waals surface area contributed by atoms with Crippen LogP contribution in [0.1, 0.15) is 31.9 Å². The van der Waals surface area contributed by atoms with Crippen LogP contribution in [0.2, 0.25) is 0 Å². The van der Waals surface area contributed by atoms with Crippen molar-refractivity contribution in [3.63, 3.8) is 0 Å². The van der Waals surface area contributed by atoms with Gasteiger partial charge in [0.05, 0.1) is 12.6 Å². The number of hydrogen-bond acceptors (Lipinski definition) is 4. The number of nitrogens with zero attached hydrogens (tertiary/aromatic N) is 1. The number of rotatable bonds is 4. The Labute approximate surface area is 125 Å². The largest absolute Gasteiger partial charge is 0.394 e. The number of likely N-dealkylation sites (N-methyl/N-ethyl adjacent to an activating group) is 1. The van der Waals surface area contributed by atoms with E-state index in [1.165, 1.54) is 0 Å². The van der Waals surface area contributed by atoms with Crippen LogP contribution in [-0.4, -0.2) is 36.8 Å². The first-order valence-corrected chi connectivity index (χ1v) is 7.71. The van der Waals surface area contributed by atoms with E-state index in [9.17, 15) is 9.90 Å². The number of benzene rings is 1. The van der Waals surface area contributed by atoms with E-state index in [2.05, 4.69) is 28.5 Å².